The summed E-state index contributed by atoms with van der Waals surface area (Å²) in [5.74, 6) is -0.565. The van der Waals surface area contributed by atoms with Gasteiger partial charge in [0.05, 0.1) is 7.11 Å². The van der Waals surface area contributed by atoms with E-state index in [4.69, 9.17) is 16.3 Å². The first-order valence-electron chi connectivity index (χ1n) is 7.44. The summed E-state index contributed by atoms with van der Waals surface area (Å²) < 4.78 is 4.80. The van der Waals surface area contributed by atoms with Crippen molar-refractivity contribution in [3.63, 3.8) is 0 Å². The molecule has 0 heterocycles. The second-order valence-corrected chi connectivity index (χ2v) is 5.57. The highest BCUT2D eigenvalue weighted by Gasteiger charge is 2.17. The molecule has 1 unspecified atom stereocenters. The number of ketones is 1. The average Bonchev–Trinajstić information content (AvgIpc) is 2.61. The Morgan fingerprint density at radius 3 is 2.42 bits per heavy atom. The van der Waals surface area contributed by atoms with Gasteiger partial charge in [0.1, 0.15) is 6.04 Å². The lowest BCUT2D eigenvalue weighted by Crippen LogP contribution is -2.36. The Bertz CT molecular complexity index is 711. The maximum absolute atomic E-state index is 12.0. The third kappa shape index (κ3) is 5.25. The molecule has 0 aliphatic carbocycles. The molecule has 0 aliphatic rings. The van der Waals surface area contributed by atoms with Crippen molar-refractivity contribution in [2.75, 3.05) is 7.11 Å². The molecule has 0 spiro atoms. The quantitative estimate of drug-likeness (QED) is 0.475. The van der Waals surface area contributed by atoms with Crippen LogP contribution in [-0.4, -0.2) is 24.9 Å². The molecule has 0 amide bonds. The first kappa shape index (κ1) is 17.8. The van der Waals surface area contributed by atoms with Crippen LogP contribution in [0.5, 0.6) is 0 Å². The molecule has 5 heteroatoms. The molecule has 124 valence electrons. The molecule has 0 saturated heterocycles. The zero-order valence-corrected chi connectivity index (χ0v) is 14.0. The number of nitrogens with one attached hydrogen (secondary N) is 1. The molecule has 0 fully saturated rings. The zero-order valence-electron chi connectivity index (χ0n) is 13.2. The highest BCUT2D eigenvalue weighted by atomic mass is 35.5. The van der Waals surface area contributed by atoms with Crippen LogP contribution in [0.4, 0.5) is 0 Å². The molecule has 0 bridgehead atoms. The Balaban J connectivity index is 2.00. The van der Waals surface area contributed by atoms with Crippen LogP contribution in [0.15, 0.2) is 66.9 Å². The van der Waals surface area contributed by atoms with Crippen molar-refractivity contribution < 1.29 is 14.3 Å². The van der Waals surface area contributed by atoms with Crippen LogP contribution in [0, 0.1) is 0 Å². The number of rotatable bonds is 7. The summed E-state index contributed by atoms with van der Waals surface area (Å²) in [6.07, 6.45) is 3.32. The van der Waals surface area contributed by atoms with Crippen LogP contribution in [0.3, 0.4) is 0 Å². The Labute approximate surface area is 146 Å². The second kappa shape index (κ2) is 8.89. The molecule has 24 heavy (non-hydrogen) atoms. The molecule has 0 radical (unpaired) electrons. The van der Waals surface area contributed by atoms with Crippen molar-refractivity contribution in [3.05, 3.63) is 83.0 Å². The van der Waals surface area contributed by atoms with Crippen molar-refractivity contribution in [1.82, 2.24) is 5.32 Å². The van der Waals surface area contributed by atoms with Crippen LogP contribution < -0.4 is 5.32 Å². The van der Waals surface area contributed by atoms with E-state index in [1.54, 1.807) is 24.3 Å². The maximum atomic E-state index is 12.0. The number of hydrogen-bond donors (Lipinski definition) is 1. The fraction of sp³-hybridized carbons (Fsp3) is 0.158. The molecule has 1 N–H and O–H groups in total. The molecule has 0 aromatic heterocycles. The van der Waals surface area contributed by atoms with Crippen molar-refractivity contribution >= 4 is 23.4 Å². The van der Waals surface area contributed by atoms with Gasteiger partial charge in [-0.1, -0.05) is 41.9 Å². The number of hydrogen-bond acceptors (Lipinski definition) is 4. The third-order valence-corrected chi connectivity index (χ3v) is 3.68. The minimum absolute atomic E-state index is 0.178. The molecule has 2 rings (SSSR count). The summed E-state index contributed by atoms with van der Waals surface area (Å²) in [6.45, 7) is 0. The highest BCUT2D eigenvalue weighted by molar-refractivity contribution is 6.30. The van der Waals surface area contributed by atoms with Crippen LogP contribution in [0.25, 0.3) is 0 Å². The first-order valence-corrected chi connectivity index (χ1v) is 7.82. The standard InChI is InChI=1S/C19H18ClNO3/c1-24-19(23)17(13-14-5-3-2-4-6-14)21-12-11-18(22)15-7-9-16(20)10-8-15/h2-12,17,21H,13H2,1H3. The van der Waals surface area contributed by atoms with Crippen LogP contribution in [0.1, 0.15) is 15.9 Å². The van der Waals surface area contributed by atoms with E-state index in [2.05, 4.69) is 5.32 Å². The van der Waals surface area contributed by atoms with Gasteiger partial charge >= 0.3 is 5.97 Å². The lowest BCUT2D eigenvalue weighted by Gasteiger charge is -2.14. The Hall–Kier alpha value is -2.59. The van der Waals surface area contributed by atoms with Gasteiger partial charge in [0.15, 0.2) is 5.78 Å². The molecular formula is C19H18ClNO3. The zero-order chi connectivity index (χ0) is 17.4. The number of allylic oxidation sites excluding steroid dienone is 1. The third-order valence-electron chi connectivity index (χ3n) is 3.43. The monoisotopic (exact) mass is 343 g/mol. The van der Waals surface area contributed by atoms with Gasteiger partial charge < -0.3 is 10.1 Å². The minimum Gasteiger partial charge on any atom is -0.467 e. The van der Waals surface area contributed by atoms with Crippen molar-refractivity contribution in [2.45, 2.75) is 12.5 Å². The Kier molecular flexibility index (Phi) is 6.58. The average molecular weight is 344 g/mol. The summed E-state index contributed by atoms with van der Waals surface area (Å²) >= 11 is 5.80. The summed E-state index contributed by atoms with van der Waals surface area (Å²) in [5, 5.41) is 3.50. The van der Waals surface area contributed by atoms with E-state index in [0.717, 1.165) is 5.56 Å². The summed E-state index contributed by atoms with van der Waals surface area (Å²) in [7, 11) is 1.34. The number of benzene rings is 2. The normalized spacial score (nSPS) is 11.9. The van der Waals surface area contributed by atoms with E-state index in [-0.39, 0.29) is 11.8 Å². The van der Waals surface area contributed by atoms with Gasteiger partial charge in [0, 0.05) is 29.3 Å². The molecule has 0 saturated carbocycles. The van der Waals surface area contributed by atoms with E-state index >= 15 is 0 Å². The van der Waals surface area contributed by atoms with Crippen LogP contribution in [0.2, 0.25) is 5.02 Å². The number of esters is 1. The fourth-order valence-electron chi connectivity index (χ4n) is 2.15. The topological polar surface area (TPSA) is 55.4 Å². The highest BCUT2D eigenvalue weighted by Crippen LogP contribution is 2.10. The van der Waals surface area contributed by atoms with Gasteiger partial charge in [-0.15, -0.1) is 0 Å². The van der Waals surface area contributed by atoms with E-state index in [1.165, 1.54) is 19.4 Å². The van der Waals surface area contributed by atoms with Crippen molar-refractivity contribution in [2.24, 2.45) is 0 Å². The second-order valence-electron chi connectivity index (χ2n) is 5.14. The Morgan fingerprint density at radius 1 is 1.12 bits per heavy atom. The predicted octanol–water partition coefficient (Wildman–Crippen LogP) is 3.41. The van der Waals surface area contributed by atoms with E-state index in [9.17, 15) is 9.59 Å². The first-order chi connectivity index (χ1) is 11.6. The Morgan fingerprint density at radius 2 is 1.79 bits per heavy atom. The van der Waals surface area contributed by atoms with Gasteiger partial charge in [-0.3, -0.25) is 4.79 Å². The lowest BCUT2D eigenvalue weighted by atomic mass is 10.1. The van der Waals surface area contributed by atoms with E-state index in [0.29, 0.717) is 17.0 Å². The largest absolute Gasteiger partial charge is 0.467 e. The smallest absolute Gasteiger partial charge is 0.328 e. The number of carbonyl (C=O) groups excluding carboxylic acids is 2. The number of carbonyl (C=O) groups is 2. The van der Waals surface area contributed by atoms with Crippen LogP contribution in [-0.2, 0) is 16.0 Å². The molecule has 4 nitrogen and oxygen atoms in total. The molecule has 0 aliphatic heterocycles. The van der Waals surface area contributed by atoms with Gasteiger partial charge in [-0.05, 0) is 29.8 Å². The lowest BCUT2D eigenvalue weighted by molar-refractivity contribution is -0.142. The van der Waals surface area contributed by atoms with Gasteiger partial charge in [-0.25, -0.2) is 4.79 Å². The summed E-state index contributed by atoms with van der Waals surface area (Å²) in [6, 6.07) is 15.6. The minimum atomic E-state index is -0.563. The fourth-order valence-corrected chi connectivity index (χ4v) is 2.28. The van der Waals surface area contributed by atoms with Crippen molar-refractivity contribution in [3.8, 4) is 0 Å². The van der Waals surface area contributed by atoms with Crippen molar-refractivity contribution in [1.29, 1.82) is 0 Å². The number of ether oxygens (including phenoxy) is 1. The molecule has 2 aromatic carbocycles. The number of halogens is 1. The molecular weight excluding hydrogens is 326 g/mol. The van der Waals surface area contributed by atoms with Gasteiger partial charge in [-0.2, -0.15) is 0 Å². The number of methoxy groups -OCH3 is 1. The predicted molar refractivity (Wildman–Crippen MR) is 94.0 cm³/mol. The SMILES string of the molecule is COC(=O)C(Cc1ccccc1)NC=CC(=O)c1ccc(Cl)cc1. The maximum Gasteiger partial charge on any atom is 0.328 e. The summed E-state index contributed by atoms with van der Waals surface area (Å²) in [4.78, 5) is 23.9. The summed E-state index contributed by atoms with van der Waals surface area (Å²) in [5.41, 5.74) is 1.52. The van der Waals surface area contributed by atoms with E-state index in [1.807, 2.05) is 30.3 Å². The van der Waals surface area contributed by atoms with E-state index < -0.39 is 6.04 Å². The molecule has 2 aromatic rings. The molecule has 1 atom stereocenters. The van der Waals surface area contributed by atoms with Crippen LogP contribution >= 0.6 is 11.6 Å². The van der Waals surface area contributed by atoms with Gasteiger partial charge in [0.25, 0.3) is 0 Å². The van der Waals surface area contributed by atoms with Gasteiger partial charge in [0.2, 0.25) is 0 Å².